The third kappa shape index (κ3) is 1.35. The van der Waals surface area contributed by atoms with Crippen LogP contribution < -0.4 is 5.32 Å². The summed E-state index contributed by atoms with van der Waals surface area (Å²) < 4.78 is 0. The van der Waals surface area contributed by atoms with Crippen molar-refractivity contribution in [3.8, 4) is 0 Å². The van der Waals surface area contributed by atoms with Crippen LogP contribution in [0.5, 0.6) is 0 Å². The first-order chi connectivity index (χ1) is 5.88. The van der Waals surface area contributed by atoms with Gasteiger partial charge in [-0.15, -0.1) is 0 Å². The van der Waals surface area contributed by atoms with Gasteiger partial charge in [-0.3, -0.25) is 5.10 Å². The van der Waals surface area contributed by atoms with Crippen molar-refractivity contribution >= 4 is 0 Å². The monoisotopic (exact) mass is 167 g/mol. The summed E-state index contributed by atoms with van der Waals surface area (Å²) in [7, 11) is 0. The summed E-state index contributed by atoms with van der Waals surface area (Å²) in [5.41, 5.74) is 1.09. The summed E-state index contributed by atoms with van der Waals surface area (Å²) in [5, 5.41) is 19.5. The zero-order valence-corrected chi connectivity index (χ0v) is 6.83. The molecule has 2 rings (SSSR count). The predicted molar refractivity (Wildman–Crippen MR) is 44.8 cm³/mol. The number of nitrogens with zero attached hydrogens (tertiary/aromatic N) is 1. The first-order valence-electron chi connectivity index (χ1n) is 4.25. The number of aliphatic hydroxyl groups is 1. The Hall–Kier alpha value is -0.870. The molecule has 1 aromatic rings. The summed E-state index contributed by atoms with van der Waals surface area (Å²) in [6, 6.07) is 0. The van der Waals surface area contributed by atoms with Crippen LogP contribution in [0.25, 0.3) is 0 Å². The molecule has 0 amide bonds. The van der Waals surface area contributed by atoms with Gasteiger partial charge in [-0.25, -0.2) is 0 Å². The van der Waals surface area contributed by atoms with E-state index in [-0.39, 0.29) is 12.0 Å². The Labute approximate surface area is 71.0 Å². The number of aliphatic hydroxyl groups excluding tert-OH is 1. The van der Waals surface area contributed by atoms with Gasteiger partial charge in [-0.2, -0.15) is 5.10 Å². The quantitative estimate of drug-likeness (QED) is 0.545. The van der Waals surface area contributed by atoms with Crippen molar-refractivity contribution in [3.05, 3.63) is 18.0 Å². The van der Waals surface area contributed by atoms with E-state index in [1.165, 1.54) is 0 Å². The standard InChI is InChI=1S/C8H13N3O/c12-8-1-2-9-5-7(8)6-3-10-11-4-6/h3-4,7-9,12H,1-2,5H2,(H,10,11). The molecule has 1 saturated heterocycles. The molecule has 0 saturated carbocycles. The molecule has 0 radical (unpaired) electrons. The highest BCUT2D eigenvalue weighted by Crippen LogP contribution is 2.22. The molecule has 4 heteroatoms. The molecule has 2 unspecified atom stereocenters. The maximum absolute atomic E-state index is 9.66. The van der Waals surface area contributed by atoms with Gasteiger partial charge in [0.2, 0.25) is 0 Å². The van der Waals surface area contributed by atoms with E-state index in [1.807, 2.05) is 6.20 Å². The van der Waals surface area contributed by atoms with Crippen molar-refractivity contribution in [1.29, 1.82) is 0 Å². The van der Waals surface area contributed by atoms with Crippen LogP contribution >= 0.6 is 0 Å². The van der Waals surface area contributed by atoms with Crippen molar-refractivity contribution in [3.63, 3.8) is 0 Å². The van der Waals surface area contributed by atoms with E-state index in [9.17, 15) is 5.11 Å². The summed E-state index contributed by atoms with van der Waals surface area (Å²) in [6.45, 7) is 1.76. The Morgan fingerprint density at radius 3 is 3.17 bits per heavy atom. The summed E-state index contributed by atoms with van der Waals surface area (Å²) in [6.07, 6.45) is 4.24. The van der Waals surface area contributed by atoms with Gasteiger partial charge in [0.15, 0.2) is 0 Å². The average molecular weight is 167 g/mol. The first-order valence-corrected chi connectivity index (χ1v) is 4.25. The second-order valence-electron chi connectivity index (χ2n) is 3.20. The molecular weight excluding hydrogens is 154 g/mol. The Bertz CT molecular complexity index is 234. The third-order valence-corrected chi connectivity index (χ3v) is 2.39. The lowest BCUT2D eigenvalue weighted by Gasteiger charge is -2.27. The number of hydrogen-bond acceptors (Lipinski definition) is 3. The highest BCUT2D eigenvalue weighted by Gasteiger charge is 2.24. The molecule has 1 aromatic heterocycles. The van der Waals surface area contributed by atoms with Crippen molar-refractivity contribution in [2.75, 3.05) is 13.1 Å². The molecule has 12 heavy (non-hydrogen) atoms. The maximum atomic E-state index is 9.66. The number of hydrogen-bond donors (Lipinski definition) is 3. The lowest BCUT2D eigenvalue weighted by atomic mass is 9.91. The highest BCUT2D eigenvalue weighted by molar-refractivity contribution is 5.14. The molecule has 0 aliphatic carbocycles. The molecule has 0 bridgehead atoms. The Balaban J connectivity index is 2.11. The Morgan fingerprint density at radius 2 is 2.50 bits per heavy atom. The van der Waals surface area contributed by atoms with E-state index in [2.05, 4.69) is 15.5 Å². The van der Waals surface area contributed by atoms with Crippen LogP contribution in [-0.4, -0.2) is 34.5 Å². The number of aromatic amines is 1. The van der Waals surface area contributed by atoms with Crippen LogP contribution in [0.3, 0.4) is 0 Å². The zero-order valence-electron chi connectivity index (χ0n) is 6.83. The van der Waals surface area contributed by atoms with Crippen molar-refractivity contribution in [2.45, 2.75) is 18.4 Å². The third-order valence-electron chi connectivity index (χ3n) is 2.39. The molecule has 2 heterocycles. The predicted octanol–water partition coefficient (Wildman–Crippen LogP) is -0.153. The topological polar surface area (TPSA) is 60.9 Å². The number of rotatable bonds is 1. The SMILES string of the molecule is OC1CCNCC1c1cn[nH]c1. The van der Waals surface area contributed by atoms with Gasteiger partial charge in [0.05, 0.1) is 12.3 Å². The zero-order chi connectivity index (χ0) is 8.39. The minimum absolute atomic E-state index is 0.206. The van der Waals surface area contributed by atoms with Gasteiger partial charge in [0.25, 0.3) is 0 Å². The van der Waals surface area contributed by atoms with E-state index >= 15 is 0 Å². The summed E-state index contributed by atoms with van der Waals surface area (Å²) in [4.78, 5) is 0. The lowest BCUT2D eigenvalue weighted by Crippen LogP contribution is -2.38. The number of piperidine rings is 1. The lowest BCUT2D eigenvalue weighted by molar-refractivity contribution is 0.114. The number of H-pyrrole nitrogens is 1. The molecule has 4 nitrogen and oxygen atoms in total. The van der Waals surface area contributed by atoms with Gasteiger partial charge >= 0.3 is 0 Å². The maximum Gasteiger partial charge on any atom is 0.0634 e. The highest BCUT2D eigenvalue weighted by atomic mass is 16.3. The van der Waals surface area contributed by atoms with Crippen LogP contribution in [-0.2, 0) is 0 Å². The molecule has 0 spiro atoms. The fourth-order valence-corrected chi connectivity index (χ4v) is 1.65. The van der Waals surface area contributed by atoms with Gasteiger partial charge in [-0.1, -0.05) is 0 Å². The molecule has 3 N–H and O–H groups in total. The van der Waals surface area contributed by atoms with Gasteiger partial charge in [0.1, 0.15) is 0 Å². The van der Waals surface area contributed by atoms with Gasteiger partial charge in [-0.05, 0) is 18.5 Å². The Morgan fingerprint density at radius 1 is 1.58 bits per heavy atom. The molecule has 0 aromatic carbocycles. The summed E-state index contributed by atoms with van der Waals surface area (Å²) >= 11 is 0. The normalized spacial score (nSPS) is 30.4. The van der Waals surface area contributed by atoms with Gasteiger partial charge < -0.3 is 10.4 Å². The molecular formula is C8H13N3O. The molecule has 1 aliphatic heterocycles. The van der Waals surface area contributed by atoms with E-state index in [0.29, 0.717) is 0 Å². The van der Waals surface area contributed by atoms with Gasteiger partial charge in [0, 0.05) is 18.7 Å². The molecule has 1 fully saturated rings. The second kappa shape index (κ2) is 3.25. The minimum Gasteiger partial charge on any atom is -0.392 e. The van der Waals surface area contributed by atoms with E-state index in [4.69, 9.17) is 0 Å². The Kier molecular flexibility index (Phi) is 2.10. The minimum atomic E-state index is -0.219. The van der Waals surface area contributed by atoms with Crippen LogP contribution in [0.4, 0.5) is 0 Å². The van der Waals surface area contributed by atoms with Crippen LogP contribution in [0.15, 0.2) is 12.4 Å². The van der Waals surface area contributed by atoms with Crippen molar-refractivity contribution in [1.82, 2.24) is 15.5 Å². The van der Waals surface area contributed by atoms with Crippen molar-refractivity contribution < 1.29 is 5.11 Å². The fourth-order valence-electron chi connectivity index (χ4n) is 1.65. The fraction of sp³-hybridized carbons (Fsp3) is 0.625. The summed E-state index contributed by atoms with van der Waals surface area (Å²) in [5.74, 6) is 0.206. The van der Waals surface area contributed by atoms with Crippen molar-refractivity contribution in [2.24, 2.45) is 0 Å². The second-order valence-corrected chi connectivity index (χ2v) is 3.20. The largest absolute Gasteiger partial charge is 0.392 e. The number of aromatic nitrogens is 2. The smallest absolute Gasteiger partial charge is 0.0634 e. The number of nitrogens with one attached hydrogen (secondary N) is 2. The van der Waals surface area contributed by atoms with E-state index < -0.39 is 0 Å². The first kappa shape index (κ1) is 7.76. The van der Waals surface area contributed by atoms with Crippen LogP contribution in [0, 0.1) is 0 Å². The molecule has 1 aliphatic rings. The average Bonchev–Trinajstić information content (AvgIpc) is 2.57. The molecule has 2 atom stereocenters. The van der Waals surface area contributed by atoms with Crippen LogP contribution in [0.1, 0.15) is 17.9 Å². The van der Waals surface area contributed by atoms with Crippen LogP contribution in [0.2, 0.25) is 0 Å². The van der Waals surface area contributed by atoms with E-state index in [1.54, 1.807) is 6.20 Å². The molecule has 66 valence electrons. The van der Waals surface area contributed by atoms with E-state index in [0.717, 1.165) is 25.1 Å².